The second-order valence-electron chi connectivity index (χ2n) is 2.99. The number of halogens is 3. The fourth-order valence-electron chi connectivity index (χ4n) is 1.41. The molecule has 15 heavy (non-hydrogen) atoms. The van der Waals surface area contributed by atoms with E-state index in [1.807, 2.05) is 0 Å². The molecule has 0 unspecified atom stereocenters. The van der Waals surface area contributed by atoms with Crippen molar-refractivity contribution in [2.24, 2.45) is 0 Å². The summed E-state index contributed by atoms with van der Waals surface area (Å²) in [5, 5.41) is 0.169. The molecule has 0 aliphatic rings. The molecule has 0 saturated carbocycles. The number of hydrogen-bond acceptors (Lipinski definition) is 1. The van der Waals surface area contributed by atoms with Crippen LogP contribution in [-0.2, 0) is 0 Å². The number of benzene rings is 1. The third-order valence-corrected chi connectivity index (χ3v) is 2.03. The zero-order chi connectivity index (χ0) is 10.2. The first-order valence-corrected chi connectivity index (χ1v) is 4.12. The van der Waals surface area contributed by atoms with Crippen LogP contribution < -0.4 is 56.8 Å². The Labute approximate surface area is 128 Å². The van der Waals surface area contributed by atoms with Gasteiger partial charge in [-0.3, -0.25) is 4.98 Å². The number of hydrogen-bond donors (Lipinski definition) is 0. The fraction of sp³-hybridized carbons (Fsp3) is 0. The number of aromatic nitrogens is 1. The Morgan fingerprint density at radius 3 is 2.40 bits per heavy atom. The molecule has 2 aromatic rings. The van der Waals surface area contributed by atoms with Crippen LogP contribution in [0.25, 0.3) is 10.9 Å². The van der Waals surface area contributed by atoms with E-state index in [-0.39, 0.29) is 56.8 Å². The molecular formula is C9H6BF3KN. The van der Waals surface area contributed by atoms with Crippen LogP contribution in [0, 0.1) is 0 Å². The third-order valence-electron chi connectivity index (χ3n) is 2.03. The first-order chi connectivity index (χ1) is 6.59. The van der Waals surface area contributed by atoms with Gasteiger partial charge in [-0.05, 0) is 17.5 Å². The molecule has 0 atom stereocenters. The molecule has 2 rings (SSSR count). The fourth-order valence-corrected chi connectivity index (χ4v) is 1.41. The van der Waals surface area contributed by atoms with Crippen molar-refractivity contribution in [3.05, 3.63) is 36.5 Å². The van der Waals surface area contributed by atoms with E-state index in [0.29, 0.717) is 5.52 Å². The number of nitrogens with zero attached hydrogens (tertiary/aromatic N) is 1. The van der Waals surface area contributed by atoms with Crippen molar-refractivity contribution < 1.29 is 64.3 Å². The van der Waals surface area contributed by atoms with Crippen LogP contribution in [0.2, 0.25) is 0 Å². The van der Waals surface area contributed by atoms with Crippen molar-refractivity contribution in [1.82, 2.24) is 4.98 Å². The van der Waals surface area contributed by atoms with Gasteiger partial charge in [-0.2, -0.15) is 0 Å². The maximum atomic E-state index is 12.6. The maximum Gasteiger partial charge on any atom is 1.00 e. The molecule has 0 spiro atoms. The summed E-state index contributed by atoms with van der Waals surface area (Å²) in [4.78, 5) is 3.87. The van der Waals surface area contributed by atoms with E-state index in [0.717, 1.165) is 6.07 Å². The molecule has 0 amide bonds. The van der Waals surface area contributed by atoms with Crippen molar-refractivity contribution in [2.75, 3.05) is 0 Å². The molecule has 72 valence electrons. The Morgan fingerprint density at radius 1 is 1.00 bits per heavy atom. The van der Waals surface area contributed by atoms with Crippen molar-refractivity contribution in [1.29, 1.82) is 0 Å². The second kappa shape index (κ2) is 4.97. The predicted octanol–water partition coefficient (Wildman–Crippen LogP) is -0.707. The molecule has 0 N–H and O–H groups in total. The van der Waals surface area contributed by atoms with Gasteiger partial charge in [-0.25, -0.2) is 0 Å². The van der Waals surface area contributed by atoms with Gasteiger partial charge < -0.3 is 12.9 Å². The number of pyridine rings is 1. The molecule has 6 heteroatoms. The molecule has 0 saturated heterocycles. The van der Waals surface area contributed by atoms with E-state index in [9.17, 15) is 12.9 Å². The summed E-state index contributed by atoms with van der Waals surface area (Å²) >= 11 is 0. The number of fused-ring (bicyclic) bond motifs is 1. The van der Waals surface area contributed by atoms with Gasteiger partial charge in [0.25, 0.3) is 0 Å². The van der Waals surface area contributed by atoms with Gasteiger partial charge in [0.2, 0.25) is 0 Å². The summed E-state index contributed by atoms with van der Waals surface area (Å²) in [7, 11) is 0. The van der Waals surface area contributed by atoms with Crippen LogP contribution in [-0.4, -0.2) is 12.0 Å². The van der Waals surface area contributed by atoms with Crippen LogP contribution in [0.4, 0.5) is 12.9 Å². The van der Waals surface area contributed by atoms with E-state index in [1.165, 1.54) is 24.4 Å². The average Bonchev–Trinajstić information content (AvgIpc) is 2.15. The Bertz CT molecular complexity index is 467. The normalized spacial score (nSPS) is 11.1. The SMILES string of the molecule is F[B-](F)(F)c1cccc2ncccc12.[K+]. The predicted molar refractivity (Wildman–Crippen MR) is 50.5 cm³/mol. The standard InChI is InChI=1S/C9H6BF3N.K/c11-10(12,13)8-4-1-5-9-7(8)3-2-6-14-9;/h1-6H;/q-1;+1. The van der Waals surface area contributed by atoms with Crippen molar-refractivity contribution in [2.45, 2.75) is 0 Å². The van der Waals surface area contributed by atoms with Gasteiger partial charge in [0.15, 0.2) is 0 Å². The van der Waals surface area contributed by atoms with Crippen LogP contribution in [0.15, 0.2) is 36.5 Å². The van der Waals surface area contributed by atoms with E-state index >= 15 is 0 Å². The van der Waals surface area contributed by atoms with Gasteiger partial charge >= 0.3 is 58.4 Å². The molecule has 1 heterocycles. The van der Waals surface area contributed by atoms with Crippen molar-refractivity contribution in [3.63, 3.8) is 0 Å². The van der Waals surface area contributed by atoms with E-state index in [4.69, 9.17) is 0 Å². The average molecular weight is 235 g/mol. The van der Waals surface area contributed by atoms with Gasteiger partial charge in [0.1, 0.15) is 0 Å². The molecule has 0 fully saturated rings. The summed E-state index contributed by atoms with van der Waals surface area (Å²) in [6.07, 6.45) is 1.48. The van der Waals surface area contributed by atoms with Crippen LogP contribution >= 0.6 is 0 Å². The van der Waals surface area contributed by atoms with E-state index in [1.54, 1.807) is 6.07 Å². The monoisotopic (exact) mass is 235 g/mol. The van der Waals surface area contributed by atoms with E-state index < -0.39 is 12.4 Å². The maximum absolute atomic E-state index is 12.6. The summed E-state index contributed by atoms with van der Waals surface area (Å²) in [5.74, 6) is 0. The molecule has 0 bridgehead atoms. The largest absolute Gasteiger partial charge is 1.00 e. The van der Waals surface area contributed by atoms with Crippen molar-refractivity contribution in [3.8, 4) is 0 Å². The first-order valence-electron chi connectivity index (χ1n) is 4.12. The topological polar surface area (TPSA) is 12.9 Å². The molecule has 0 aliphatic carbocycles. The van der Waals surface area contributed by atoms with Gasteiger partial charge in [-0.15, -0.1) is 0 Å². The van der Waals surface area contributed by atoms with E-state index in [2.05, 4.69) is 4.98 Å². The molecule has 1 nitrogen and oxygen atoms in total. The molecule has 0 radical (unpaired) electrons. The Hall–Kier alpha value is 0.121. The van der Waals surface area contributed by atoms with Gasteiger partial charge in [-0.1, -0.05) is 23.7 Å². The Morgan fingerprint density at radius 2 is 1.73 bits per heavy atom. The summed E-state index contributed by atoms with van der Waals surface area (Å²) in [6.45, 7) is -4.96. The minimum atomic E-state index is -4.96. The first kappa shape index (κ1) is 13.2. The van der Waals surface area contributed by atoms with Crippen LogP contribution in [0.1, 0.15) is 0 Å². The zero-order valence-corrected chi connectivity index (χ0v) is 11.2. The summed E-state index contributed by atoms with van der Waals surface area (Å²) in [6, 6.07) is 6.98. The molecule has 1 aromatic heterocycles. The van der Waals surface area contributed by atoms with Crippen LogP contribution in [0.3, 0.4) is 0 Å². The van der Waals surface area contributed by atoms with Gasteiger partial charge in [0.05, 0.1) is 5.52 Å². The molecule has 1 aromatic carbocycles. The van der Waals surface area contributed by atoms with Gasteiger partial charge in [0, 0.05) is 6.20 Å². The van der Waals surface area contributed by atoms with Crippen molar-refractivity contribution >= 4 is 23.3 Å². The molecule has 0 aliphatic heterocycles. The minimum Gasteiger partial charge on any atom is -0.445 e. The zero-order valence-electron chi connectivity index (χ0n) is 8.12. The molecular weight excluding hydrogens is 229 g/mol. The third kappa shape index (κ3) is 2.82. The number of rotatable bonds is 1. The second-order valence-corrected chi connectivity index (χ2v) is 2.99. The van der Waals surface area contributed by atoms with Crippen LogP contribution in [0.5, 0.6) is 0 Å². The smallest absolute Gasteiger partial charge is 0.445 e. The summed E-state index contributed by atoms with van der Waals surface area (Å²) < 4.78 is 37.7. The Kier molecular flexibility index (Phi) is 4.37. The summed E-state index contributed by atoms with van der Waals surface area (Å²) in [5.41, 5.74) is -0.195. The quantitative estimate of drug-likeness (QED) is 0.595. The minimum absolute atomic E-state index is 0. The Balaban J connectivity index is 0.00000112.